The van der Waals surface area contributed by atoms with Crippen molar-refractivity contribution >= 4 is 15.9 Å². The average molecular weight is 297 g/mol. The fraction of sp³-hybridized carbons (Fsp3) is 0.571. The lowest BCUT2D eigenvalue weighted by Crippen LogP contribution is -2.51. The lowest BCUT2D eigenvalue weighted by atomic mass is 10.1. The Morgan fingerprint density at radius 3 is 2.60 bits per heavy atom. The maximum Gasteiger partial charge on any atom is 0.302 e. The highest BCUT2D eigenvalue weighted by Gasteiger charge is 2.31. The van der Waals surface area contributed by atoms with Gasteiger partial charge in [0.2, 0.25) is 0 Å². The van der Waals surface area contributed by atoms with Crippen LogP contribution >= 0.6 is 0 Å². The van der Waals surface area contributed by atoms with E-state index >= 15 is 0 Å². The molecule has 1 unspecified atom stereocenters. The Labute approximate surface area is 121 Å². The van der Waals surface area contributed by atoms with Crippen LogP contribution in [-0.2, 0) is 16.8 Å². The summed E-state index contributed by atoms with van der Waals surface area (Å²) < 4.78 is 29.5. The zero-order valence-corrected chi connectivity index (χ0v) is 13.3. The van der Waals surface area contributed by atoms with Gasteiger partial charge in [-0.2, -0.15) is 13.1 Å². The zero-order valence-electron chi connectivity index (χ0n) is 12.5. The molecule has 0 amide bonds. The van der Waals surface area contributed by atoms with Crippen LogP contribution in [-0.4, -0.2) is 26.5 Å². The van der Waals surface area contributed by atoms with Crippen LogP contribution < -0.4 is 14.3 Å². The highest BCUT2D eigenvalue weighted by molar-refractivity contribution is 7.90. The fourth-order valence-corrected chi connectivity index (χ4v) is 4.01. The molecule has 0 bridgehead atoms. The monoisotopic (exact) mass is 297 g/mol. The predicted octanol–water partition coefficient (Wildman–Crippen LogP) is 1.62. The molecule has 2 N–H and O–H groups in total. The molecule has 20 heavy (non-hydrogen) atoms. The normalized spacial score (nSPS) is 20.4. The maximum atomic E-state index is 12.6. The summed E-state index contributed by atoms with van der Waals surface area (Å²) in [7, 11) is -3.57. The number of benzene rings is 1. The standard InChI is InChI=1S/C14H23N3O2S/c1-11-10-17(20(18,19)16-14(2,3)4)13-8-6-5-7-12(13)9-15-11/h5-8,11,15-16H,9-10H2,1-4H3. The molecular formula is C14H23N3O2S. The quantitative estimate of drug-likeness (QED) is 0.872. The van der Waals surface area contributed by atoms with Crippen LogP contribution in [0.25, 0.3) is 0 Å². The highest BCUT2D eigenvalue weighted by atomic mass is 32.2. The van der Waals surface area contributed by atoms with Crippen molar-refractivity contribution in [3.05, 3.63) is 29.8 Å². The average Bonchev–Trinajstić information content (AvgIpc) is 2.47. The Kier molecular flexibility index (Phi) is 4.09. The van der Waals surface area contributed by atoms with Crippen molar-refractivity contribution in [3.63, 3.8) is 0 Å². The summed E-state index contributed by atoms with van der Waals surface area (Å²) in [6.45, 7) is 8.62. The van der Waals surface area contributed by atoms with Crippen molar-refractivity contribution in [1.82, 2.24) is 10.0 Å². The topological polar surface area (TPSA) is 61.4 Å². The van der Waals surface area contributed by atoms with Crippen molar-refractivity contribution < 1.29 is 8.42 Å². The summed E-state index contributed by atoms with van der Waals surface area (Å²) >= 11 is 0. The molecular weight excluding hydrogens is 274 g/mol. The number of para-hydroxylation sites is 1. The highest BCUT2D eigenvalue weighted by Crippen LogP contribution is 2.26. The predicted molar refractivity (Wildman–Crippen MR) is 81.9 cm³/mol. The first-order valence-electron chi connectivity index (χ1n) is 6.82. The summed E-state index contributed by atoms with van der Waals surface area (Å²) in [6, 6.07) is 7.71. The number of fused-ring (bicyclic) bond motifs is 1. The molecule has 0 saturated carbocycles. The molecule has 0 aromatic heterocycles. The molecule has 2 rings (SSSR count). The summed E-state index contributed by atoms with van der Waals surface area (Å²) in [5.41, 5.74) is 1.24. The Morgan fingerprint density at radius 1 is 1.30 bits per heavy atom. The number of rotatable bonds is 2. The minimum absolute atomic E-state index is 0.0962. The molecule has 112 valence electrons. The van der Waals surface area contributed by atoms with Crippen LogP contribution in [0.5, 0.6) is 0 Å². The van der Waals surface area contributed by atoms with Crippen LogP contribution in [0.4, 0.5) is 5.69 Å². The molecule has 0 spiro atoms. The fourth-order valence-electron chi connectivity index (χ4n) is 2.27. The van der Waals surface area contributed by atoms with Crippen molar-refractivity contribution in [3.8, 4) is 0 Å². The summed E-state index contributed by atoms with van der Waals surface area (Å²) in [5.74, 6) is 0. The molecule has 1 aromatic rings. The largest absolute Gasteiger partial charge is 0.308 e. The van der Waals surface area contributed by atoms with Gasteiger partial charge >= 0.3 is 10.2 Å². The van der Waals surface area contributed by atoms with Crippen molar-refractivity contribution in [1.29, 1.82) is 0 Å². The lowest BCUT2D eigenvalue weighted by molar-refractivity contribution is 0.485. The van der Waals surface area contributed by atoms with Gasteiger partial charge < -0.3 is 5.32 Å². The van der Waals surface area contributed by atoms with E-state index in [1.165, 1.54) is 4.31 Å². The van der Waals surface area contributed by atoms with Gasteiger partial charge in [0.15, 0.2) is 0 Å². The van der Waals surface area contributed by atoms with Gasteiger partial charge in [0.25, 0.3) is 0 Å². The third-order valence-corrected chi connectivity index (χ3v) is 4.86. The van der Waals surface area contributed by atoms with Gasteiger partial charge in [-0.3, -0.25) is 4.31 Å². The van der Waals surface area contributed by atoms with Crippen molar-refractivity contribution in [2.75, 3.05) is 10.8 Å². The Balaban J connectivity index is 2.43. The second-order valence-corrected chi connectivity index (χ2v) is 7.89. The summed E-state index contributed by atoms with van der Waals surface area (Å²) in [4.78, 5) is 0. The SMILES string of the molecule is CC1CN(S(=O)(=O)NC(C)(C)C)c2ccccc2CN1. The molecule has 1 aromatic carbocycles. The number of nitrogens with one attached hydrogen (secondary N) is 2. The Hall–Kier alpha value is -1.11. The van der Waals surface area contributed by atoms with E-state index in [1.807, 2.05) is 52.0 Å². The van der Waals surface area contributed by atoms with E-state index in [-0.39, 0.29) is 6.04 Å². The van der Waals surface area contributed by atoms with Crippen LogP contribution in [0.15, 0.2) is 24.3 Å². The number of nitrogens with zero attached hydrogens (tertiary/aromatic N) is 1. The molecule has 0 radical (unpaired) electrons. The number of anilines is 1. The Bertz CT molecular complexity index is 578. The number of hydrogen-bond donors (Lipinski definition) is 2. The van der Waals surface area contributed by atoms with E-state index in [1.54, 1.807) is 0 Å². The molecule has 0 fully saturated rings. The van der Waals surface area contributed by atoms with E-state index in [9.17, 15) is 8.42 Å². The van der Waals surface area contributed by atoms with Gasteiger partial charge in [0.1, 0.15) is 0 Å². The van der Waals surface area contributed by atoms with Gasteiger partial charge in [-0.1, -0.05) is 18.2 Å². The first-order chi connectivity index (χ1) is 9.19. The third-order valence-electron chi connectivity index (χ3n) is 3.07. The Morgan fingerprint density at radius 2 is 1.95 bits per heavy atom. The molecule has 5 nitrogen and oxygen atoms in total. The minimum Gasteiger partial charge on any atom is -0.308 e. The molecule has 6 heteroatoms. The summed E-state index contributed by atoms with van der Waals surface area (Å²) in [5, 5.41) is 3.33. The molecule has 1 aliphatic heterocycles. The van der Waals surface area contributed by atoms with Crippen LogP contribution in [0, 0.1) is 0 Å². The molecule has 0 saturated heterocycles. The van der Waals surface area contributed by atoms with E-state index < -0.39 is 15.7 Å². The zero-order chi connectivity index (χ0) is 15.0. The first-order valence-corrected chi connectivity index (χ1v) is 8.26. The van der Waals surface area contributed by atoms with Crippen LogP contribution in [0.2, 0.25) is 0 Å². The van der Waals surface area contributed by atoms with Gasteiger partial charge in [0.05, 0.1) is 12.2 Å². The minimum atomic E-state index is -3.57. The smallest absolute Gasteiger partial charge is 0.302 e. The maximum absolute atomic E-state index is 12.6. The van der Waals surface area contributed by atoms with Crippen LogP contribution in [0.3, 0.4) is 0 Å². The van der Waals surface area contributed by atoms with E-state index in [0.29, 0.717) is 13.1 Å². The number of hydrogen-bond acceptors (Lipinski definition) is 3. The summed E-state index contributed by atoms with van der Waals surface area (Å²) in [6.07, 6.45) is 0. The van der Waals surface area contributed by atoms with Gasteiger partial charge in [0, 0.05) is 18.1 Å². The van der Waals surface area contributed by atoms with Crippen LogP contribution in [0.1, 0.15) is 33.3 Å². The van der Waals surface area contributed by atoms with E-state index in [4.69, 9.17) is 0 Å². The second-order valence-electron chi connectivity index (χ2n) is 6.30. The molecule has 1 aliphatic rings. The third kappa shape index (κ3) is 3.50. The molecule has 1 atom stereocenters. The lowest BCUT2D eigenvalue weighted by Gasteiger charge is -2.30. The first kappa shape index (κ1) is 15.3. The van der Waals surface area contributed by atoms with Crippen molar-refractivity contribution in [2.45, 2.75) is 45.8 Å². The molecule has 0 aliphatic carbocycles. The second kappa shape index (κ2) is 5.35. The molecule has 1 heterocycles. The van der Waals surface area contributed by atoms with E-state index in [2.05, 4.69) is 10.0 Å². The van der Waals surface area contributed by atoms with Gasteiger partial charge in [-0.05, 0) is 39.3 Å². The van der Waals surface area contributed by atoms with E-state index in [0.717, 1.165) is 11.3 Å². The van der Waals surface area contributed by atoms with Gasteiger partial charge in [-0.15, -0.1) is 0 Å². The van der Waals surface area contributed by atoms with Gasteiger partial charge in [-0.25, -0.2) is 0 Å². The van der Waals surface area contributed by atoms with Crippen molar-refractivity contribution in [2.24, 2.45) is 0 Å².